The molecule has 1 N–H and O–H groups in total. The van der Waals surface area contributed by atoms with Gasteiger partial charge in [0.1, 0.15) is 5.60 Å². The Labute approximate surface area is 265 Å². The average molecular weight is 634 g/mol. The first-order valence-electron chi connectivity index (χ1n) is 14.8. The van der Waals surface area contributed by atoms with E-state index in [4.69, 9.17) is 19.7 Å². The number of carboxylic acid groups (broad SMARTS) is 1. The van der Waals surface area contributed by atoms with E-state index in [-0.39, 0.29) is 22.4 Å². The van der Waals surface area contributed by atoms with Crippen molar-refractivity contribution >= 4 is 23.3 Å². The van der Waals surface area contributed by atoms with E-state index in [2.05, 4.69) is 0 Å². The molecule has 0 spiro atoms. The van der Waals surface area contributed by atoms with Gasteiger partial charge in [0.25, 0.3) is 0 Å². The molecule has 46 heavy (non-hydrogen) atoms. The number of amides is 1. The summed E-state index contributed by atoms with van der Waals surface area (Å²) in [5, 5.41) is 19.3. The highest BCUT2D eigenvalue weighted by atomic mass is 19.4. The molecule has 0 saturated heterocycles. The Morgan fingerprint density at radius 1 is 1.11 bits per heavy atom. The molecule has 2 heterocycles. The normalized spacial score (nSPS) is 16.0. The summed E-state index contributed by atoms with van der Waals surface area (Å²) in [5.74, 6) is -2.54. The molecule has 0 saturated carbocycles. The molecule has 0 bridgehead atoms. The maximum Gasteiger partial charge on any atom is 0.471 e. The van der Waals surface area contributed by atoms with Gasteiger partial charge in [-0.2, -0.15) is 18.4 Å². The molecule has 3 aromatic rings. The van der Waals surface area contributed by atoms with Gasteiger partial charge in [0.15, 0.2) is 11.5 Å². The van der Waals surface area contributed by atoms with Crippen molar-refractivity contribution in [2.24, 2.45) is 4.99 Å². The minimum atomic E-state index is -5.30. The second-order valence-electron chi connectivity index (χ2n) is 12.8. The van der Waals surface area contributed by atoms with Crippen molar-refractivity contribution < 1.29 is 37.3 Å². The van der Waals surface area contributed by atoms with Gasteiger partial charge < -0.3 is 14.6 Å². The van der Waals surface area contributed by atoms with Crippen LogP contribution in [0, 0.1) is 18.3 Å². The Hall–Kier alpha value is -4.85. The summed E-state index contributed by atoms with van der Waals surface area (Å²) in [5.41, 5.74) is 2.06. The molecule has 8 nitrogen and oxygen atoms in total. The fourth-order valence-corrected chi connectivity index (χ4v) is 6.28. The number of hydrogen-bond acceptors (Lipinski definition) is 6. The van der Waals surface area contributed by atoms with Crippen LogP contribution in [0.2, 0.25) is 0 Å². The molecule has 0 fully saturated rings. The average Bonchev–Trinajstić information content (AvgIpc) is 3.29. The molecule has 0 aliphatic carbocycles. The predicted molar refractivity (Wildman–Crippen MR) is 166 cm³/mol. The van der Waals surface area contributed by atoms with Crippen LogP contribution in [0.5, 0.6) is 11.5 Å². The lowest BCUT2D eigenvalue weighted by Crippen LogP contribution is -2.42. The predicted octanol–water partition coefficient (Wildman–Crippen LogP) is 6.94. The second-order valence-corrected chi connectivity index (χ2v) is 12.8. The van der Waals surface area contributed by atoms with Crippen molar-refractivity contribution in [3.63, 3.8) is 0 Å². The lowest BCUT2D eigenvalue weighted by atomic mass is 9.80. The number of rotatable bonds is 7. The van der Waals surface area contributed by atoms with Gasteiger partial charge in [-0.05, 0) is 88.9 Å². The molecular formula is C35H34F3N3O5. The molecule has 0 radical (unpaired) electrons. The first-order valence-corrected chi connectivity index (χ1v) is 14.8. The van der Waals surface area contributed by atoms with E-state index in [0.29, 0.717) is 47.1 Å². The van der Waals surface area contributed by atoms with Crippen LogP contribution < -0.4 is 14.4 Å². The Morgan fingerprint density at radius 3 is 2.37 bits per heavy atom. The molecule has 1 amide bonds. The summed E-state index contributed by atoms with van der Waals surface area (Å²) >= 11 is 0. The van der Waals surface area contributed by atoms with Gasteiger partial charge in [-0.1, -0.05) is 18.2 Å². The van der Waals surface area contributed by atoms with Crippen molar-refractivity contribution in [3.05, 3.63) is 87.0 Å². The third-order valence-electron chi connectivity index (χ3n) is 8.08. The standard InChI is InChI=1S/C35H34F3N3O5/c1-7-45-26-14-22-15-33(3,4)40-28(27(22)25-16-34(5,6)46-30(25)26)23-12-13-24(31(42)43)29(19(23)2)41(32(44)35(36,37)38)18-21-10-8-20(17-39)9-11-21/h8-14H,7,15-16,18H2,1-6H3,(H,42,43). The summed E-state index contributed by atoms with van der Waals surface area (Å²) in [7, 11) is 0. The van der Waals surface area contributed by atoms with Crippen LogP contribution in [-0.2, 0) is 24.2 Å². The number of carbonyl (C=O) groups is 2. The van der Waals surface area contributed by atoms with E-state index in [0.717, 1.165) is 16.7 Å². The van der Waals surface area contributed by atoms with Crippen molar-refractivity contribution in [3.8, 4) is 17.6 Å². The zero-order chi connectivity index (χ0) is 33.8. The highest BCUT2D eigenvalue weighted by molar-refractivity contribution is 6.18. The van der Waals surface area contributed by atoms with E-state index in [1.165, 1.54) is 43.3 Å². The van der Waals surface area contributed by atoms with Crippen molar-refractivity contribution in [1.82, 2.24) is 0 Å². The first-order chi connectivity index (χ1) is 21.5. The van der Waals surface area contributed by atoms with Gasteiger partial charge in [0, 0.05) is 23.1 Å². The molecule has 2 aliphatic rings. The Bertz CT molecular complexity index is 1820. The molecule has 5 rings (SSSR count). The van der Waals surface area contributed by atoms with Crippen LogP contribution in [0.3, 0.4) is 0 Å². The van der Waals surface area contributed by atoms with Crippen LogP contribution in [0.15, 0.2) is 47.5 Å². The number of carbonyl (C=O) groups excluding carboxylic acids is 1. The van der Waals surface area contributed by atoms with E-state index in [1.54, 1.807) is 0 Å². The van der Waals surface area contributed by atoms with Gasteiger partial charge in [-0.15, -0.1) is 0 Å². The number of carboxylic acids is 1. The number of benzene rings is 3. The number of nitrogens with zero attached hydrogens (tertiary/aromatic N) is 3. The monoisotopic (exact) mass is 633 g/mol. The number of hydrogen-bond donors (Lipinski definition) is 1. The van der Waals surface area contributed by atoms with Crippen molar-refractivity contribution in [1.29, 1.82) is 5.26 Å². The highest BCUT2D eigenvalue weighted by Gasteiger charge is 2.45. The van der Waals surface area contributed by atoms with Gasteiger partial charge >= 0.3 is 18.1 Å². The summed E-state index contributed by atoms with van der Waals surface area (Å²) < 4.78 is 54.6. The fraction of sp³-hybridized carbons (Fsp3) is 0.371. The number of nitriles is 1. The maximum absolute atomic E-state index is 14.1. The van der Waals surface area contributed by atoms with E-state index in [1.807, 2.05) is 46.8 Å². The molecule has 0 aromatic heterocycles. The number of aliphatic imine (C=N–C) groups is 1. The number of alkyl halides is 3. The zero-order valence-corrected chi connectivity index (χ0v) is 26.4. The van der Waals surface area contributed by atoms with Crippen LogP contribution in [0.4, 0.5) is 18.9 Å². The molecular weight excluding hydrogens is 599 g/mol. The van der Waals surface area contributed by atoms with Crippen molar-refractivity contribution in [2.75, 3.05) is 11.5 Å². The zero-order valence-electron chi connectivity index (χ0n) is 26.4. The molecule has 2 aliphatic heterocycles. The van der Waals surface area contributed by atoms with E-state index >= 15 is 0 Å². The third-order valence-corrected chi connectivity index (χ3v) is 8.08. The van der Waals surface area contributed by atoms with Crippen LogP contribution in [-0.4, -0.2) is 46.6 Å². The summed E-state index contributed by atoms with van der Waals surface area (Å²) in [6.07, 6.45) is -4.24. The van der Waals surface area contributed by atoms with Gasteiger partial charge in [-0.3, -0.25) is 14.7 Å². The highest BCUT2D eigenvalue weighted by Crippen LogP contribution is 2.48. The number of aromatic carboxylic acids is 1. The van der Waals surface area contributed by atoms with E-state index in [9.17, 15) is 27.9 Å². The van der Waals surface area contributed by atoms with Crippen LogP contribution >= 0.6 is 0 Å². The summed E-state index contributed by atoms with van der Waals surface area (Å²) in [6, 6.07) is 12.3. The molecule has 3 aromatic carbocycles. The maximum atomic E-state index is 14.1. The summed E-state index contributed by atoms with van der Waals surface area (Å²) in [6.45, 7) is 11.0. The van der Waals surface area contributed by atoms with E-state index < -0.39 is 41.3 Å². The van der Waals surface area contributed by atoms with Crippen LogP contribution in [0.1, 0.15) is 83.9 Å². The molecule has 11 heteroatoms. The van der Waals surface area contributed by atoms with Gasteiger partial charge in [0.2, 0.25) is 0 Å². The third kappa shape index (κ3) is 6.04. The number of halogens is 3. The Morgan fingerprint density at radius 2 is 1.78 bits per heavy atom. The largest absolute Gasteiger partial charge is 0.490 e. The van der Waals surface area contributed by atoms with Crippen molar-refractivity contribution in [2.45, 2.75) is 78.2 Å². The minimum Gasteiger partial charge on any atom is -0.490 e. The smallest absolute Gasteiger partial charge is 0.471 e. The van der Waals surface area contributed by atoms with Crippen LogP contribution in [0.25, 0.3) is 0 Å². The topological polar surface area (TPSA) is 112 Å². The van der Waals surface area contributed by atoms with Gasteiger partial charge in [-0.25, -0.2) is 4.79 Å². The molecule has 0 unspecified atom stereocenters. The summed E-state index contributed by atoms with van der Waals surface area (Å²) in [4.78, 5) is 31.0. The lowest BCUT2D eigenvalue weighted by molar-refractivity contribution is -0.170. The minimum absolute atomic E-state index is 0.148. The molecule has 240 valence electrons. The Balaban J connectivity index is 1.77. The lowest BCUT2D eigenvalue weighted by Gasteiger charge is -2.33. The first kappa shape index (κ1) is 32.5. The number of fused-ring (bicyclic) bond motifs is 3. The Kier molecular flexibility index (Phi) is 8.14. The molecule has 0 atom stereocenters. The fourth-order valence-electron chi connectivity index (χ4n) is 6.28. The van der Waals surface area contributed by atoms with Gasteiger partial charge in [0.05, 0.1) is 47.3 Å². The quantitative estimate of drug-likeness (QED) is 0.302. The second kappa shape index (κ2) is 11.5. The number of ether oxygens (including phenoxy) is 2. The number of anilines is 1. The SMILES string of the molecule is CCOc1cc2c(c3c1OC(C)(C)C3)C(c1ccc(C(=O)O)c(N(Cc3ccc(C#N)cc3)C(=O)C(F)(F)F)c1C)=NC(C)(C)C2.